The third-order valence-corrected chi connectivity index (χ3v) is 2.41. The molecule has 0 saturated carbocycles. The van der Waals surface area contributed by atoms with Crippen molar-refractivity contribution in [1.29, 1.82) is 0 Å². The molecule has 1 heterocycles. The summed E-state index contributed by atoms with van der Waals surface area (Å²) < 4.78 is 13.7. The summed E-state index contributed by atoms with van der Waals surface area (Å²) in [5.41, 5.74) is 0.627. The molecule has 0 aliphatic heterocycles. The number of aromatic nitrogens is 2. The molecule has 0 unspecified atom stereocenters. The number of H-pyrrole nitrogens is 1. The standard InChI is InChI=1S/C13H10FN3O3/c14-10-7-9(3-1-8(10)2-4-12(18)19)16-13(20)11-5-6-15-17-11/h1-7H,(H,15,17)(H,16,20)(H,18,19). The number of benzene rings is 1. The minimum Gasteiger partial charge on any atom is -0.478 e. The first-order valence-electron chi connectivity index (χ1n) is 5.57. The summed E-state index contributed by atoms with van der Waals surface area (Å²) in [6, 6.07) is 5.43. The quantitative estimate of drug-likeness (QED) is 0.742. The van der Waals surface area contributed by atoms with Crippen molar-refractivity contribution in [2.75, 3.05) is 5.32 Å². The molecule has 1 aromatic carbocycles. The van der Waals surface area contributed by atoms with E-state index in [4.69, 9.17) is 5.11 Å². The van der Waals surface area contributed by atoms with E-state index in [-0.39, 0.29) is 16.9 Å². The molecular weight excluding hydrogens is 265 g/mol. The topological polar surface area (TPSA) is 95.1 Å². The first-order valence-corrected chi connectivity index (χ1v) is 5.57. The molecule has 1 aromatic heterocycles. The third-order valence-electron chi connectivity index (χ3n) is 2.41. The van der Waals surface area contributed by atoms with Crippen LogP contribution in [0.4, 0.5) is 10.1 Å². The maximum absolute atomic E-state index is 13.7. The molecule has 102 valence electrons. The van der Waals surface area contributed by atoms with Crippen molar-refractivity contribution < 1.29 is 19.1 Å². The summed E-state index contributed by atoms with van der Waals surface area (Å²) in [7, 11) is 0. The lowest BCUT2D eigenvalue weighted by Crippen LogP contribution is -2.12. The Balaban J connectivity index is 2.13. The van der Waals surface area contributed by atoms with E-state index in [1.54, 1.807) is 0 Å². The highest BCUT2D eigenvalue weighted by Gasteiger charge is 2.08. The van der Waals surface area contributed by atoms with Gasteiger partial charge in [0.15, 0.2) is 0 Å². The van der Waals surface area contributed by atoms with Gasteiger partial charge in [-0.25, -0.2) is 9.18 Å². The summed E-state index contributed by atoms with van der Waals surface area (Å²) in [6.07, 6.45) is 3.40. The van der Waals surface area contributed by atoms with Gasteiger partial charge < -0.3 is 10.4 Å². The molecule has 1 amide bonds. The van der Waals surface area contributed by atoms with E-state index in [0.717, 1.165) is 18.2 Å². The number of carbonyl (C=O) groups is 2. The van der Waals surface area contributed by atoms with Crippen molar-refractivity contribution in [3.05, 3.63) is 53.6 Å². The number of amides is 1. The molecule has 0 radical (unpaired) electrons. The van der Waals surface area contributed by atoms with Crippen LogP contribution in [0.15, 0.2) is 36.5 Å². The van der Waals surface area contributed by atoms with Crippen LogP contribution in [0.25, 0.3) is 6.08 Å². The second-order valence-corrected chi connectivity index (χ2v) is 3.83. The Labute approximate surface area is 112 Å². The third kappa shape index (κ3) is 3.29. The van der Waals surface area contributed by atoms with Gasteiger partial charge in [0.25, 0.3) is 5.91 Å². The number of carboxylic acid groups (broad SMARTS) is 1. The van der Waals surface area contributed by atoms with E-state index in [1.807, 2.05) is 0 Å². The first kappa shape index (κ1) is 13.5. The number of carbonyl (C=O) groups excluding carboxylic acids is 1. The largest absolute Gasteiger partial charge is 0.478 e. The Morgan fingerprint density at radius 2 is 2.15 bits per heavy atom. The van der Waals surface area contributed by atoms with Crippen LogP contribution >= 0.6 is 0 Å². The van der Waals surface area contributed by atoms with E-state index in [9.17, 15) is 14.0 Å². The molecule has 0 spiro atoms. The molecule has 2 rings (SSSR count). The smallest absolute Gasteiger partial charge is 0.328 e. The fourth-order valence-electron chi connectivity index (χ4n) is 1.48. The number of halogens is 1. The molecule has 0 saturated heterocycles. The molecule has 20 heavy (non-hydrogen) atoms. The average Bonchev–Trinajstić information content (AvgIpc) is 2.91. The van der Waals surface area contributed by atoms with Crippen molar-refractivity contribution in [3.63, 3.8) is 0 Å². The van der Waals surface area contributed by atoms with Crippen molar-refractivity contribution in [2.24, 2.45) is 0 Å². The van der Waals surface area contributed by atoms with Crippen LogP contribution in [-0.2, 0) is 4.79 Å². The van der Waals surface area contributed by atoms with E-state index in [1.165, 1.54) is 24.4 Å². The predicted octanol–water partition coefficient (Wildman–Crippen LogP) is 1.90. The fourth-order valence-corrected chi connectivity index (χ4v) is 1.48. The Kier molecular flexibility index (Phi) is 3.90. The molecule has 0 fully saturated rings. The van der Waals surface area contributed by atoms with Crippen LogP contribution in [0.5, 0.6) is 0 Å². The number of nitrogens with zero attached hydrogens (tertiary/aromatic N) is 1. The van der Waals surface area contributed by atoms with Gasteiger partial charge in [0.2, 0.25) is 0 Å². The van der Waals surface area contributed by atoms with Crippen molar-refractivity contribution in [1.82, 2.24) is 10.2 Å². The lowest BCUT2D eigenvalue weighted by Gasteiger charge is -2.05. The second-order valence-electron chi connectivity index (χ2n) is 3.83. The molecule has 6 nitrogen and oxygen atoms in total. The summed E-state index contributed by atoms with van der Waals surface area (Å²) in [5.74, 6) is -2.25. The van der Waals surface area contributed by atoms with E-state index >= 15 is 0 Å². The summed E-state index contributed by atoms with van der Waals surface area (Å²) >= 11 is 0. The minimum absolute atomic E-state index is 0.118. The summed E-state index contributed by atoms with van der Waals surface area (Å²) in [4.78, 5) is 22.0. The first-order chi connectivity index (χ1) is 9.56. The van der Waals surface area contributed by atoms with Crippen LogP contribution < -0.4 is 5.32 Å². The summed E-state index contributed by atoms with van der Waals surface area (Å²) in [6.45, 7) is 0. The Morgan fingerprint density at radius 3 is 2.75 bits per heavy atom. The lowest BCUT2D eigenvalue weighted by molar-refractivity contribution is -0.131. The number of anilines is 1. The van der Waals surface area contributed by atoms with Crippen molar-refractivity contribution >= 4 is 23.6 Å². The minimum atomic E-state index is -1.17. The van der Waals surface area contributed by atoms with Gasteiger partial charge in [0, 0.05) is 23.5 Å². The number of aromatic amines is 1. The maximum atomic E-state index is 13.7. The highest BCUT2D eigenvalue weighted by Crippen LogP contribution is 2.16. The van der Waals surface area contributed by atoms with Crippen LogP contribution in [-0.4, -0.2) is 27.2 Å². The number of carboxylic acids is 1. The maximum Gasteiger partial charge on any atom is 0.328 e. The average molecular weight is 275 g/mol. The zero-order valence-corrected chi connectivity index (χ0v) is 10.1. The van der Waals surface area contributed by atoms with Gasteiger partial charge in [0.05, 0.1) is 0 Å². The number of hydrogen-bond acceptors (Lipinski definition) is 3. The molecule has 2 aromatic rings. The molecule has 0 atom stereocenters. The molecule has 3 N–H and O–H groups in total. The number of nitrogens with one attached hydrogen (secondary N) is 2. The second kappa shape index (κ2) is 5.79. The predicted molar refractivity (Wildman–Crippen MR) is 69.6 cm³/mol. The van der Waals surface area contributed by atoms with Gasteiger partial charge in [-0.1, -0.05) is 0 Å². The summed E-state index contributed by atoms with van der Waals surface area (Å²) in [5, 5.41) is 17.1. The van der Waals surface area contributed by atoms with Crippen LogP contribution in [0.2, 0.25) is 0 Å². The zero-order valence-electron chi connectivity index (χ0n) is 10.1. The monoisotopic (exact) mass is 275 g/mol. The van der Waals surface area contributed by atoms with Crippen LogP contribution in [0, 0.1) is 5.82 Å². The normalized spacial score (nSPS) is 10.7. The number of hydrogen-bond donors (Lipinski definition) is 3. The van der Waals surface area contributed by atoms with Gasteiger partial charge in [-0.15, -0.1) is 0 Å². The number of aliphatic carboxylic acids is 1. The lowest BCUT2D eigenvalue weighted by atomic mass is 10.1. The molecule has 0 aliphatic carbocycles. The Hall–Kier alpha value is -2.96. The molecule has 0 bridgehead atoms. The van der Waals surface area contributed by atoms with Gasteiger partial charge in [-0.05, 0) is 30.3 Å². The fraction of sp³-hybridized carbons (Fsp3) is 0. The van der Waals surface area contributed by atoms with Gasteiger partial charge >= 0.3 is 5.97 Å². The Morgan fingerprint density at radius 1 is 1.35 bits per heavy atom. The molecule has 7 heteroatoms. The van der Waals surface area contributed by atoms with Gasteiger partial charge in [0.1, 0.15) is 11.5 Å². The van der Waals surface area contributed by atoms with Gasteiger partial charge in [-0.3, -0.25) is 9.89 Å². The SMILES string of the molecule is O=C(O)C=Cc1ccc(NC(=O)c2ccn[nH]2)cc1F. The van der Waals surface area contributed by atoms with Gasteiger partial charge in [-0.2, -0.15) is 5.10 Å². The van der Waals surface area contributed by atoms with E-state index < -0.39 is 17.7 Å². The van der Waals surface area contributed by atoms with E-state index in [2.05, 4.69) is 15.5 Å². The highest BCUT2D eigenvalue weighted by atomic mass is 19.1. The highest BCUT2D eigenvalue weighted by molar-refractivity contribution is 6.02. The van der Waals surface area contributed by atoms with Crippen molar-refractivity contribution in [3.8, 4) is 0 Å². The Bertz CT molecular complexity index is 666. The van der Waals surface area contributed by atoms with Crippen LogP contribution in [0.1, 0.15) is 16.1 Å². The molecule has 0 aliphatic rings. The molecular formula is C13H10FN3O3. The van der Waals surface area contributed by atoms with Crippen molar-refractivity contribution in [2.45, 2.75) is 0 Å². The van der Waals surface area contributed by atoms with Crippen LogP contribution in [0.3, 0.4) is 0 Å². The number of rotatable bonds is 4. The zero-order chi connectivity index (χ0) is 14.5. The van der Waals surface area contributed by atoms with E-state index in [0.29, 0.717) is 0 Å².